The van der Waals surface area contributed by atoms with Gasteiger partial charge in [-0.2, -0.15) is 8.42 Å². The molecule has 0 bridgehead atoms. The van der Waals surface area contributed by atoms with Crippen molar-refractivity contribution in [1.82, 2.24) is 0 Å². The van der Waals surface area contributed by atoms with Gasteiger partial charge in [-0.05, 0) is 111 Å². The van der Waals surface area contributed by atoms with Crippen LogP contribution in [0.2, 0.25) is 0 Å². The molecular formula is C24H42O4S. The molecule has 0 aromatic heterocycles. The topological polar surface area (TPSA) is 63.6 Å². The van der Waals surface area contributed by atoms with Crippen molar-refractivity contribution in [1.29, 1.82) is 0 Å². The molecule has 0 aliphatic heterocycles. The molecule has 4 aliphatic rings. The monoisotopic (exact) mass is 426 g/mol. The molecule has 8 atom stereocenters. The number of rotatable bonds is 6. The quantitative estimate of drug-likeness (QED) is 0.401. The maximum Gasteiger partial charge on any atom is 0.397 e. The fourth-order valence-corrected chi connectivity index (χ4v) is 9.37. The molecular weight excluding hydrogens is 384 g/mol. The minimum absolute atomic E-state index is 0.0977. The van der Waals surface area contributed by atoms with Crippen LogP contribution >= 0.6 is 0 Å². The highest BCUT2D eigenvalue weighted by atomic mass is 32.3. The SMILES string of the molecule is C[C@H](CCCOS(=O)(=O)O)[C@H]1CC[C@H]2[C@@H]3CCC4CCCC[C@]4(C)[C@H]3CC[C@]12C. The third kappa shape index (κ3) is 4.05. The van der Waals surface area contributed by atoms with Crippen LogP contribution in [0.25, 0.3) is 0 Å². The molecule has 0 amide bonds. The molecule has 4 aliphatic carbocycles. The summed E-state index contributed by atoms with van der Waals surface area (Å²) in [7, 11) is -4.30. The summed E-state index contributed by atoms with van der Waals surface area (Å²) in [5.74, 6) is 5.11. The normalized spacial score (nSPS) is 45.9. The summed E-state index contributed by atoms with van der Waals surface area (Å²) in [6.07, 6.45) is 16.0. The molecule has 1 N–H and O–H groups in total. The standard InChI is InChI=1S/C24H42O4S/c1-17(7-6-16-28-29(25,26)27)20-11-12-21-19-10-9-18-8-4-5-14-23(18,2)22(19)13-15-24(20,21)3/h17-22H,4-16H2,1-3H3,(H,25,26,27)/t17-,18?,19+,20-,21+,22+,23+,24-/m1/s1. The van der Waals surface area contributed by atoms with E-state index in [0.29, 0.717) is 23.2 Å². The lowest BCUT2D eigenvalue weighted by Crippen LogP contribution is -2.53. The highest BCUT2D eigenvalue weighted by Crippen LogP contribution is 2.68. The molecule has 0 aromatic carbocycles. The Morgan fingerprint density at radius 2 is 1.72 bits per heavy atom. The summed E-state index contributed by atoms with van der Waals surface area (Å²) in [6, 6.07) is 0. The minimum atomic E-state index is -4.30. The van der Waals surface area contributed by atoms with E-state index in [1.54, 1.807) is 0 Å². The van der Waals surface area contributed by atoms with Gasteiger partial charge in [-0.3, -0.25) is 4.55 Å². The van der Waals surface area contributed by atoms with E-state index in [0.717, 1.165) is 36.0 Å². The van der Waals surface area contributed by atoms with Crippen LogP contribution < -0.4 is 0 Å². The van der Waals surface area contributed by atoms with E-state index in [1.807, 2.05) is 0 Å². The highest BCUT2D eigenvalue weighted by Gasteiger charge is 2.59. The van der Waals surface area contributed by atoms with Crippen molar-refractivity contribution in [3.05, 3.63) is 0 Å². The van der Waals surface area contributed by atoms with Gasteiger partial charge in [0, 0.05) is 0 Å². The molecule has 4 fully saturated rings. The maximum atomic E-state index is 10.8. The van der Waals surface area contributed by atoms with Gasteiger partial charge in [-0.25, -0.2) is 4.18 Å². The van der Waals surface area contributed by atoms with Crippen molar-refractivity contribution in [2.75, 3.05) is 6.61 Å². The van der Waals surface area contributed by atoms with Gasteiger partial charge in [-0.1, -0.05) is 33.6 Å². The lowest BCUT2D eigenvalue weighted by atomic mass is 9.44. The number of hydrogen-bond donors (Lipinski definition) is 1. The molecule has 168 valence electrons. The van der Waals surface area contributed by atoms with E-state index in [9.17, 15) is 8.42 Å². The minimum Gasteiger partial charge on any atom is -0.264 e. The predicted molar refractivity (Wildman–Crippen MR) is 116 cm³/mol. The van der Waals surface area contributed by atoms with E-state index >= 15 is 0 Å². The Morgan fingerprint density at radius 3 is 2.48 bits per heavy atom. The average Bonchev–Trinajstić information content (AvgIpc) is 3.01. The summed E-state index contributed by atoms with van der Waals surface area (Å²) >= 11 is 0. The molecule has 0 spiro atoms. The average molecular weight is 427 g/mol. The van der Waals surface area contributed by atoms with Gasteiger partial charge in [0.1, 0.15) is 0 Å². The predicted octanol–water partition coefficient (Wildman–Crippen LogP) is 6.27. The van der Waals surface area contributed by atoms with Crippen LogP contribution in [-0.2, 0) is 14.6 Å². The third-order valence-corrected chi connectivity index (χ3v) is 10.8. The molecule has 0 radical (unpaired) electrons. The second kappa shape index (κ2) is 8.09. The third-order valence-electron chi connectivity index (χ3n) is 10.4. The molecule has 5 heteroatoms. The van der Waals surface area contributed by atoms with Gasteiger partial charge < -0.3 is 0 Å². The Bertz CT molecular complexity index is 691. The van der Waals surface area contributed by atoms with Crippen molar-refractivity contribution >= 4 is 10.4 Å². The molecule has 29 heavy (non-hydrogen) atoms. The Morgan fingerprint density at radius 1 is 0.966 bits per heavy atom. The number of hydrogen-bond acceptors (Lipinski definition) is 3. The van der Waals surface area contributed by atoms with Gasteiger partial charge in [0.25, 0.3) is 0 Å². The van der Waals surface area contributed by atoms with Gasteiger partial charge in [-0.15, -0.1) is 0 Å². The van der Waals surface area contributed by atoms with E-state index in [1.165, 1.54) is 64.2 Å². The van der Waals surface area contributed by atoms with Crippen molar-refractivity contribution < 1.29 is 17.2 Å². The first kappa shape index (κ1) is 22.1. The molecule has 4 saturated carbocycles. The van der Waals surface area contributed by atoms with Gasteiger partial charge in [0.15, 0.2) is 0 Å². The largest absolute Gasteiger partial charge is 0.397 e. The zero-order valence-electron chi connectivity index (χ0n) is 18.7. The van der Waals surface area contributed by atoms with Gasteiger partial charge in [0.2, 0.25) is 0 Å². The lowest BCUT2D eigenvalue weighted by Gasteiger charge is -2.61. The maximum absolute atomic E-state index is 10.8. The summed E-state index contributed by atoms with van der Waals surface area (Å²) in [6.45, 7) is 7.70. The fourth-order valence-electron chi connectivity index (χ4n) is 9.04. The smallest absolute Gasteiger partial charge is 0.264 e. The summed E-state index contributed by atoms with van der Waals surface area (Å²) in [5.41, 5.74) is 1.07. The van der Waals surface area contributed by atoms with Crippen molar-refractivity contribution in [3.63, 3.8) is 0 Å². The summed E-state index contributed by atoms with van der Waals surface area (Å²) in [4.78, 5) is 0. The van der Waals surface area contributed by atoms with Crippen LogP contribution in [0.1, 0.15) is 97.8 Å². The second-order valence-electron chi connectivity index (χ2n) is 11.5. The van der Waals surface area contributed by atoms with E-state index in [2.05, 4.69) is 25.0 Å². The van der Waals surface area contributed by atoms with Crippen LogP contribution in [0.15, 0.2) is 0 Å². The first-order valence-electron chi connectivity index (χ1n) is 12.3. The molecule has 0 aromatic rings. The first-order chi connectivity index (χ1) is 13.7. The van der Waals surface area contributed by atoms with Crippen LogP contribution in [0.4, 0.5) is 0 Å². The lowest BCUT2D eigenvalue weighted by molar-refractivity contribution is -0.114. The highest BCUT2D eigenvalue weighted by molar-refractivity contribution is 7.80. The Kier molecular flexibility index (Phi) is 6.16. The van der Waals surface area contributed by atoms with E-state index < -0.39 is 10.4 Å². The molecule has 4 nitrogen and oxygen atoms in total. The fraction of sp³-hybridized carbons (Fsp3) is 1.00. The van der Waals surface area contributed by atoms with Gasteiger partial charge in [0.05, 0.1) is 6.61 Å². The van der Waals surface area contributed by atoms with E-state index in [4.69, 9.17) is 4.55 Å². The van der Waals surface area contributed by atoms with Crippen molar-refractivity contribution in [3.8, 4) is 0 Å². The first-order valence-corrected chi connectivity index (χ1v) is 13.6. The zero-order chi connectivity index (χ0) is 20.9. The summed E-state index contributed by atoms with van der Waals surface area (Å²) in [5, 5.41) is 0. The Balaban J connectivity index is 1.41. The molecule has 1 unspecified atom stereocenters. The molecule has 4 rings (SSSR count). The van der Waals surface area contributed by atoms with Crippen LogP contribution in [0.3, 0.4) is 0 Å². The molecule has 0 saturated heterocycles. The Hall–Kier alpha value is -0.130. The Labute approximate surface area is 178 Å². The summed E-state index contributed by atoms with van der Waals surface area (Å²) < 4.78 is 34.8. The van der Waals surface area contributed by atoms with Crippen molar-refractivity contribution in [2.24, 2.45) is 46.3 Å². The van der Waals surface area contributed by atoms with E-state index in [-0.39, 0.29) is 6.61 Å². The van der Waals surface area contributed by atoms with Gasteiger partial charge >= 0.3 is 10.4 Å². The second-order valence-corrected chi connectivity index (χ2v) is 12.6. The zero-order valence-corrected chi connectivity index (χ0v) is 19.6. The number of fused-ring (bicyclic) bond motifs is 5. The van der Waals surface area contributed by atoms with Crippen LogP contribution in [-0.4, -0.2) is 19.6 Å². The molecule has 0 heterocycles. The van der Waals surface area contributed by atoms with Crippen LogP contribution in [0.5, 0.6) is 0 Å². The van der Waals surface area contributed by atoms with Crippen LogP contribution in [0, 0.1) is 46.3 Å². The van der Waals surface area contributed by atoms with Crippen molar-refractivity contribution in [2.45, 2.75) is 97.8 Å².